The number of methoxy groups -OCH3 is 2. The molecule has 2 aromatic heterocycles. The molecule has 0 saturated heterocycles. The standard InChI is InChI=1S/C9H11N5O3/c1-16-6(15)4-14-7-5(3-11-14)8(17-2)13-9(10)12-7/h3H,4H2,1-2H3,(H2,10,12,13). The second-order valence-corrected chi connectivity index (χ2v) is 3.21. The lowest BCUT2D eigenvalue weighted by molar-refractivity contribution is -0.141. The van der Waals surface area contributed by atoms with Crippen molar-refractivity contribution in [3.05, 3.63) is 6.20 Å². The average Bonchev–Trinajstić information content (AvgIpc) is 2.71. The van der Waals surface area contributed by atoms with Gasteiger partial charge in [0.25, 0.3) is 0 Å². The second kappa shape index (κ2) is 4.24. The van der Waals surface area contributed by atoms with E-state index in [1.165, 1.54) is 25.1 Å². The molecule has 90 valence electrons. The smallest absolute Gasteiger partial charge is 0.327 e. The Kier molecular flexibility index (Phi) is 2.77. The quantitative estimate of drug-likeness (QED) is 0.723. The number of anilines is 1. The summed E-state index contributed by atoms with van der Waals surface area (Å²) in [7, 11) is 2.77. The number of carbonyl (C=O) groups excluding carboxylic acids is 1. The molecule has 0 saturated carbocycles. The molecule has 2 aromatic rings. The van der Waals surface area contributed by atoms with Crippen LogP contribution in [0.15, 0.2) is 6.20 Å². The van der Waals surface area contributed by atoms with Gasteiger partial charge in [-0.2, -0.15) is 15.1 Å². The van der Waals surface area contributed by atoms with E-state index in [2.05, 4.69) is 19.8 Å². The Morgan fingerprint density at radius 3 is 2.88 bits per heavy atom. The normalized spacial score (nSPS) is 10.5. The van der Waals surface area contributed by atoms with Crippen molar-refractivity contribution < 1.29 is 14.3 Å². The van der Waals surface area contributed by atoms with Crippen molar-refractivity contribution in [3.8, 4) is 5.88 Å². The number of nitrogens with zero attached hydrogens (tertiary/aromatic N) is 4. The van der Waals surface area contributed by atoms with E-state index >= 15 is 0 Å². The third kappa shape index (κ3) is 1.96. The Hall–Kier alpha value is -2.38. The van der Waals surface area contributed by atoms with E-state index in [0.29, 0.717) is 16.9 Å². The van der Waals surface area contributed by atoms with Crippen molar-refractivity contribution in [2.75, 3.05) is 20.0 Å². The number of carbonyl (C=O) groups is 1. The van der Waals surface area contributed by atoms with Gasteiger partial charge in [-0.25, -0.2) is 4.68 Å². The molecule has 0 atom stereocenters. The predicted molar refractivity (Wildman–Crippen MR) is 58.3 cm³/mol. The Labute approximate surface area is 96.3 Å². The second-order valence-electron chi connectivity index (χ2n) is 3.21. The first kappa shape index (κ1) is 11.1. The number of nitrogen functional groups attached to an aromatic ring is 1. The van der Waals surface area contributed by atoms with Gasteiger partial charge in [0.2, 0.25) is 11.8 Å². The van der Waals surface area contributed by atoms with Crippen LogP contribution in [0.25, 0.3) is 11.0 Å². The fraction of sp³-hybridized carbons (Fsp3) is 0.333. The number of aromatic nitrogens is 4. The molecule has 8 nitrogen and oxygen atoms in total. The van der Waals surface area contributed by atoms with Crippen LogP contribution in [0.3, 0.4) is 0 Å². The minimum Gasteiger partial charge on any atom is -0.480 e. The van der Waals surface area contributed by atoms with Crippen molar-refractivity contribution in [1.82, 2.24) is 19.7 Å². The zero-order valence-corrected chi connectivity index (χ0v) is 9.38. The summed E-state index contributed by atoms with van der Waals surface area (Å²) in [5, 5.41) is 4.60. The maximum Gasteiger partial charge on any atom is 0.327 e. The van der Waals surface area contributed by atoms with Crippen LogP contribution >= 0.6 is 0 Å². The first-order valence-corrected chi connectivity index (χ1v) is 4.75. The van der Waals surface area contributed by atoms with Crippen molar-refractivity contribution in [1.29, 1.82) is 0 Å². The van der Waals surface area contributed by atoms with Crippen LogP contribution in [0.4, 0.5) is 5.95 Å². The lowest BCUT2D eigenvalue weighted by Crippen LogP contribution is -2.13. The van der Waals surface area contributed by atoms with Gasteiger partial charge in [-0.1, -0.05) is 0 Å². The van der Waals surface area contributed by atoms with Crippen molar-refractivity contribution in [2.24, 2.45) is 0 Å². The van der Waals surface area contributed by atoms with Gasteiger partial charge in [0.15, 0.2) is 5.65 Å². The summed E-state index contributed by atoms with van der Waals surface area (Å²) in [4.78, 5) is 19.1. The molecule has 0 aromatic carbocycles. The fourth-order valence-electron chi connectivity index (χ4n) is 1.40. The summed E-state index contributed by atoms with van der Waals surface area (Å²) >= 11 is 0. The number of hydrogen-bond acceptors (Lipinski definition) is 7. The van der Waals surface area contributed by atoms with E-state index in [-0.39, 0.29) is 12.5 Å². The summed E-state index contributed by atoms with van der Waals surface area (Å²) < 4.78 is 11.0. The molecule has 0 aliphatic rings. The van der Waals surface area contributed by atoms with Gasteiger partial charge < -0.3 is 15.2 Å². The van der Waals surface area contributed by atoms with Crippen molar-refractivity contribution in [3.63, 3.8) is 0 Å². The van der Waals surface area contributed by atoms with Crippen molar-refractivity contribution >= 4 is 23.0 Å². The molecule has 17 heavy (non-hydrogen) atoms. The summed E-state index contributed by atoms with van der Waals surface area (Å²) in [5.74, 6) is -0.0456. The van der Waals surface area contributed by atoms with Crippen LogP contribution in [0, 0.1) is 0 Å². The minimum atomic E-state index is -0.425. The van der Waals surface area contributed by atoms with Crippen LogP contribution in [-0.4, -0.2) is 39.9 Å². The average molecular weight is 237 g/mol. The van der Waals surface area contributed by atoms with Crippen LogP contribution < -0.4 is 10.5 Å². The van der Waals surface area contributed by atoms with E-state index < -0.39 is 5.97 Å². The highest BCUT2D eigenvalue weighted by Gasteiger charge is 2.14. The molecule has 8 heteroatoms. The number of ether oxygens (including phenoxy) is 2. The van der Waals surface area contributed by atoms with E-state index in [1.54, 1.807) is 0 Å². The molecule has 2 N–H and O–H groups in total. The third-order valence-electron chi connectivity index (χ3n) is 2.18. The zero-order chi connectivity index (χ0) is 12.4. The highest BCUT2D eigenvalue weighted by atomic mass is 16.5. The number of esters is 1. The molecular weight excluding hydrogens is 226 g/mol. The lowest BCUT2D eigenvalue weighted by Gasteiger charge is -2.03. The first-order chi connectivity index (χ1) is 8.15. The summed E-state index contributed by atoms with van der Waals surface area (Å²) in [6.07, 6.45) is 1.51. The molecule has 2 rings (SSSR count). The number of hydrogen-bond donors (Lipinski definition) is 1. The molecule has 2 heterocycles. The molecule has 0 aliphatic carbocycles. The summed E-state index contributed by atoms with van der Waals surface area (Å²) in [5.41, 5.74) is 5.96. The first-order valence-electron chi connectivity index (χ1n) is 4.75. The molecule has 0 aliphatic heterocycles. The fourth-order valence-corrected chi connectivity index (χ4v) is 1.40. The SMILES string of the molecule is COC(=O)Cn1ncc2c(OC)nc(N)nc21. The van der Waals surface area contributed by atoms with Gasteiger partial charge in [0.05, 0.1) is 20.4 Å². The summed E-state index contributed by atoms with van der Waals surface area (Å²) in [6.45, 7) is -0.0421. The molecule has 0 bridgehead atoms. The minimum absolute atomic E-state index is 0.0421. The Bertz CT molecular complexity index is 565. The monoisotopic (exact) mass is 237 g/mol. The van der Waals surface area contributed by atoms with Crippen LogP contribution in [-0.2, 0) is 16.1 Å². The number of nitrogens with two attached hydrogens (primary N) is 1. The van der Waals surface area contributed by atoms with Crippen LogP contribution in [0.5, 0.6) is 5.88 Å². The molecule has 0 amide bonds. The molecule has 0 radical (unpaired) electrons. The summed E-state index contributed by atoms with van der Waals surface area (Å²) in [6, 6.07) is 0. The van der Waals surface area contributed by atoms with Gasteiger partial charge in [-0.3, -0.25) is 4.79 Å². The topological polar surface area (TPSA) is 105 Å². The van der Waals surface area contributed by atoms with Crippen LogP contribution in [0.2, 0.25) is 0 Å². The highest BCUT2D eigenvalue weighted by Crippen LogP contribution is 2.22. The van der Waals surface area contributed by atoms with Crippen LogP contribution in [0.1, 0.15) is 0 Å². The lowest BCUT2D eigenvalue weighted by atomic mass is 10.4. The van der Waals surface area contributed by atoms with Crippen molar-refractivity contribution in [2.45, 2.75) is 6.54 Å². The van der Waals surface area contributed by atoms with Gasteiger partial charge in [-0.05, 0) is 0 Å². The highest BCUT2D eigenvalue weighted by molar-refractivity contribution is 5.82. The maximum absolute atomic E-state index is 11.2. The van der Waals surface area contributed by atoms with Gasteiger partial charge in [0, 0.05) is 0 Å². The third-order valence-corrected chi connectivity index (χ3v) is 2.18. The molecular formula is C9H11N5O3. The Balaban J connectivity index is 2.52. The van der Waals surface area contributed by atoms with E-state index in [0.717, 1.165) is 0 Å². The Morgan fingerprint density at radius 1 is 1.47 bits per heavy atom. The van der Waals surface area contributed by atoms with Gasteiger partial charge in [-0.15, -0.1) is 0 Å². The van der Waals surface area contributed by atoms with E-state index in [1.807, 2.05) is 0 Å². The largest absolute Gasteiger partial charge is 0.480 e. The number of rotatable bonds is 3. The molecule has 0 spiro atoms. The van der Waals surface area contributed by atoms with Gasteiger partial charge in [0.1, 0.15) is 11.9 Å². The zero-order valence-electron chi connectivity index (χ0n) is 9.38. The van der Waals surface area contributed by atoms with Gasteiger partial charge >= 0.3 is 5.97 Å². The molecule has 0 unspecified atom stereocenters. The van der Waals surface area contributed by atoms with E-state index in [4.69, 9.17) is 10.5 Å². The predicted octanol–water partition coefficient (Wildman–Crippen LogP) is -0.410. The number of fused-ring (bicyclic) bond motifs is 1. The maximum atomic E-state index is 11.2. The van der Waals surface area contributed by atoms with E-state index in [9.17, 15) is 4.79 Å². The Morgan fingerprint density at radius 2 is 2.24 bits per heavy atom. The molecule has 0 fully saturated rings.